The van der Waals surface area contributed by atoms with Gasteiger partial charge in [0.1, 0.15) is 13.2 Å². The molecule has 57 heavy (non-hydrogen) atoms. The molecule has 0 aliphatic carbocycles. The Morgan fingerprint density at radius 3 is 1.00 bits per heavy atom. The smallest absolute Gasteiger partial charge is 0.306 e. The van der Waals surface area contributed by atoms with Gasteiger partial charge in [0.25, 0.3) is 0 Å². The molecule has 0 radical (unpaired) electrons. The van der Waals surface area contributed by atoms with Crippen LogP contribution in [0.5, 0.6) is 0 Å². The third-order valence-corrected chi connectivity index (χ3v) is 11.8. The van der Waals surface area contributed by atoms with Gasteiger partial charge in [-0.05, 0) is 31.1 Å². The maximum Gasteiger partial charge on any atom is 0.306 e. The Morgan fingerprint density at radius 2 is 0.667 bits per heavy atom. The fraction of sp³-hybridized carbons (Fsp3) is 0.941. The summed E-state index contributed by atoms with van der Waals surface area (Å²) in [6.45, 7) is 11.3. The van der Waals surface area contributed by atoms with Gasteiger partial charge in [0.2, 0.25) is 0 Å². The van der Waals surface area contributed by atoms with Crippen molar-refractivity contribution in [3.8, 4) is 0 Å². The molecule has 0 saturated carbocycles. The minimum absolute atomic E-state index is 0.0651. The van der Waals surface area contributed by atoms with Gasteiger partial charge in [0.15, 0.2) is 6.10 Å². The Bertz CT molecular complexity index is 872. The molecule has 1 unspecified atom stereocenters. The second kappa shape index (κ2) is 44.0. The average Bonchev–Trinajstić information content (AvgIpc) is 3.19. The first-order valence-corrected chi connectivity index (χ1v) is 25.3. The van der Waals surface area contributed by atoms with Gasteiger partial charge in [-0.1, -0.05) is 240 Å². The van der Waals surface area contributed by atoms with Gasteiger partial charge >= 0.3 is 17.9 Å². The SMILES string of the molecule is CCCCCCCCCC(=O)OC[C@@H](COC(=O)CCCCCCCCCCCCCCCCCCCCC(C)CC)OC(=O)CCCCCCCCCC(C)C. The topological polar surface area (TPSA) is 78.9 Å². The summed E-state index contributed by atoms with van der Waals surface area (Å²) in [5, 5.41) is 0. The van der Waals surface area contributed by atoms with Crippen molar-refractivity contribution in [3.05, 3.63) is 0 Å². The third-order valence-electron chi connectivity index (χ3n) is 11.8. The van der Waals surface area contributed by atoms with Crippen LogP contribution in [0.15, 0.2) is 0 Å². The molecular formula is C51H98O6. The van der Waals surface area contributed by atoms with Gasteiger partial charge in [-0.25, -0.2) is 0 Å². The van der Waals surface area contributed by atoms with E-state index in [4.69, 9.17) is 14.2 Å². The van der Waals surface area contributed by atoms with Crippen molar-refractivity contribution >= 4 is 17.9 Å². The van der Waals surface area contributed by atoms with Crippen LogP contribution in [0.3, 0.4) is 0 Å². The molecule has 0 N–H and O–H groups in total. The van der Waals surface area contributed by atoms with Crippen molar-refractivity contribution in [2.45, 2.75) is 285 Å². The molecule has 0 bridgehead atoms. The minimum atomic E-state index is -0.760. The van der Waals surface area contributed by atoms with E-state index in [9.17, 15) is 14.4 Å². The van der Waals surface area contributed by atoms with E-state index in [0.29, 0.717) is 19.3 Å². The summed E-state index contributed by atoms with van der Waals surface area (Å²) >= 11 is 0. The summed E-state index contributed by atoms with van der Waals surface area (Å²) < 4.78 is 16.7. The fourth-order valence-corrected chi connectivity index (χ4v) is 7.60. The number of carbonyl (C=O) groups excluding carboxylic acids is 3. The van der Waals surface area contributed by atoms with Crippen LogP contribution in [0.2, 0.25) is 0 Å². The molecule has 0 aliphatic heterocycles. The molecule has 0 aromatic carbocycles. The largest absolute Gasteiger partial charge is 0.462 e. The van der Waals surface area contributed by atoms with Gasteiger partial charge < -0.3 is 14.2 Å². The van der Waals surface area contributed by atoms with Gasteiger partial charge in [0.05, 0.1) is 0 Å². The van der Waals surface area contributed by atoms with Crippen LogP contribution in [0.1, 0.15) is 279 Å². The van der Waals surface area contributed by atoms with Crippen LogP contribution in [-0.4, -0.2) is 37.2 Å². The van der Waals surface area contributed by atoms with Gasteiger partial charge in [0, 0.05) is 19.3 Å². The molecular weight excluding hydrogens is 709 g/mol. The van der Waals surface area contributed by atoms with E-state index in [1.165, 1.54) is 167 Å². The van der Waals surface area contributed by atoms with Crippen LogP contribution < -0.4 is 0 Å². The summed E-state index contributed by atoms with van der Waals surface area (Å²) in [6.07, 6.45) is 44.0. The summed E-state index contributed by atoms with van der Waals surface area (Å²) in [5.74, 6) is 0.827. The molecule has 6 heteroatoms. The molecule has 0 spiro atoms. The Hall–Kier alpha value is -1.59. The number of rotatable bonds is 45. The molecule has 0 heterocycles. The zero-order chi connectivity index (χ0) is 41.9. The highest BCUT2D eigenvalue weighted by atomic mass is 16.6. The Labute approximate surface area is 355 Å². The lowest BCUT2D eigenvalue weighted by Crippen LogP contribution is -2.30. The lowest BCUT2D eigenvalue weighted by Gasteiger charge is -2.18. The molecule has 6 nitrogen and oxygen atoms in total. The number of carbonyl (C=O) groups is 3. The first-order chi connectivity index (χ1) is 27.8. The standard InChI is InChI=1S/C51H98O6/c1-6-8-9-10-24-31-36-41-49(52)55-44-48(57-51(54)43-38-33-28-23-25-29-34-39-46(3)4)45-56-50(53)42-37-32-27-22-20-18-16-14-12-11-13-15-17-19-21-26-30-35-40-47(5)7-2/h46-48H,6-45H2,1-5H3/t47?,48-/m0/s1. The fourth-order valence-electron chi connectivity index (χ4n) is 7.60. The zero-order valence-corrected chi connectivity index (χ0v) is 39.0. The van der Waals surface area contributed by atoms with E-state index in [2.05, 4.69) is 34.6 Å². The number of hydrogen-bond donors (Lipinski definition) is 0. The van der Waals surface area contributed by atoms with Gasteiger partial charge in [-0.2, -0.15) is 0 Å². The Balaban J connectivity index is 4.08. The maximum absolute atomic E-state index is 12.7. The first-order valence-electron chi connectivity index (χ1n) is 25.3. The highest BCUT2D eigenvalue weighted by Gasteiger charge is 2.19. The molecule has 0 aliphatic rings. The monoisotopic (exact) mass is 807 g/mol. The van der Waals surface area contributed by atoms with Crippen LogP contribution in [-0.2, 0) is 28.6 Å². The third kappa shape index (κ3) is 43.8. The van der Waals surface area contributed by atoms with Gasteiger partial charge in [-0.15, -0.1) is 0 Å². The normalized spacial score (nSPS) is 12.5. The number of hydrogen-bond acceptors (Lipinski definition) is 6. The summed E-state index contributed by atoms with van der Waals surface area (Å²) in [4.78, 5) is 37.6. The van der Waals surface area contributed by atoms with Crippen LogP contribution in [0, 0.1) is 11.8 Å². The van der Waals surface area contributed by atoms with E-state index in [1.54, 1.807) is 0 Å². The van der Waals surface area contributed by atoms with E-state index < -0.39 is 6.10 Å². The number of esters is 3. The predicted molar refractivity (Wildman–Crippen MR) is 243 cm³/mol. The van der Waals surface area contributed by atoms with Crippen molar-refractivity contribution in [3.63, 3.8) is 0 Å². The molecule has 0 aromatic heterocycles. The lowest BCUT2D eigenvalue weighted by molar-refractivity contribution is -0.167. The van der Waals surface area contributed by atoms with Crippen molar-refractivity contribution in [2.75, 3.05) is 13.2 Å². The van der Waals surface area contributed by atoms with Crippen LogP contribution in [0.4, 0.5) is 0 Å². The quantitative estimate of drug-likeness (QED) is 0.0346. The minimum Gasteiger partial charge on any atom is -0.462 e. The summed E-state index contributed by atoms with van der Waals surface area (Å²) in [5.41, 5.74) is 0. The predicted octanol–water partition coefficient (Wildman–Crippen LogP) is 16.1. The second-order valence-electron chi connectivity index (χ2n) is 18.2. The first kappa shape index (κ1) is 55.4. The van der Waals surface area contributed by atoms with Crippen molar-refractivity contribution in [2.24, 2.45) is 11.8 Å². The van der Waals surface area contributed by atoms with E-state index in [1.807, 2.05) is 0 Å². The maximum atomic E-state index is 12.7. The van der Waals surface area contributed by atoms with E-state index >= 15 is 0 Å². The van der Waals surface area contributed by atoms with Crippen LogP contribution in [0.25, 0.3) is 0 Å². The molecule has 0 saturated heterocycles. The molecule has 0 fully saturated rings. The summed E-state index contributed by atoms with van der Waals surface area (Å²) in [6, 6.07) is 0. The molecule has 0 aromatic rings. The van der Waals surface area contributed by atoms with E-state index in [0.717, 1.165) is 69.6 Å². The van der Waals surface area contributed by atoms with Gasteiger partial charge in [-0.3, -0.25) is 14.4 Å². The Kier molecular flexibility index (Phi) is 42.7. The highest BCUT2D eigenvalue weighted by molar-refractivity contribution is 5.71. The number of ether oxygens (including phenoxy) is 3. The zero-order valence-electron chi connectivity index (χ0n) is 39.0. The lowest BCUT2D eigenvalue weighted by atomic mass is 9.99. The van der Waals surface area contributed by atoms with Crippen LogP contribution >= 0.6 is 0 Å². The Morgan fingerprint density at radius 1 is 0.368 bits per heavy atom. The summed E-state index contributed by atoms with van der Waals surface area (Å²) in [7, 11) is 0. The molecule has 338 valence electrons. The average molecular weight is 807 g/mol. The van der Waals surface area contributed by atoms with Crippen molar-refractivity contribution in [1.82, 2.24) is 0 Å². The second-order valence-corrected chi connectivity index (χ2v) is 18.2. The van der Waals surface area contributed by atoms with Crippen molar-refractivity contribution < 1.29 is 28.6 Å². The molecule has 0 amide bonds. The molecule has 0 rings (SSSR count). The number of unbranched alkanes of at least 4 members (excludes halogenated alkanes) is 29. The highest BCUT2D eigenvalue weighted by Crippen LogP contribution is 2.18. The van der Waals surface area contributed by atoms with Crippen molar-refractivity contribution in [1.29, 1.82) is 0 Å². The molecule has 2 atom stereocenters. The van der Waals surface area contributed by atoms with E-state index in [-0.39, 0.29) is 31.1 Å².